The molecule has 0 saturated carbocycles. The van der Waals surface area contributed by atoms with Gasteiger partial charge >= 0.3 is 0 Å². The van der Waals surface area contributed by atoms with E-state index in [2.05, 4.69) is 4.98 Å². The van der Waals surface area contributed by atoms with Crippen molar-refractivity contribution in [2.24, 2.45) is 0 Å². The molecule has 5 nitrogen and oxygen atoms in total. The minimum Gasteiger partial charge on any atom is -0.364 e. The summed E-state index contributed by atoms with van der Waals surface area (Å²) in [5.74, 6) is 0.0448. The quantitative estimate of drug-likeness (QED) is 0.880. The van der Waals surface area contributed by atoms with Crippen LogP contribution in [0.5, 0.6) is 0 Å². The van der Waals surface area contributed by atoms with Gasteiger partial charge in [0.1, 0.15) is 5.65 Å². The van der Waals surface area contributed by atoms with E-state index < -0.39 is 11.9 Å². The number of aliphatic hydroxyl groups is 1. The smallest absolute Gasteiger partial charge is 0.184 e. The topological polar surface area (TPSA) is 64.4 Å². The molecule has 120 valence electrons. The Morgan fingerprint density at radius 3 is 2.59 bits per heavy atom. The molecule has 0 radical (unpaired) electrons. The third-order valence-electron chi connectivity index (χ3n) is 3.74. The van der Waals surface area contributed by atoms with Gasteiger partial charge in [0.25, 0.3) is 0 Å². The highest BCUT2D eigenvalue weighted by atomic mass is 16.6. The maximum absolute atomic E-state index is 11.8. The second-order valence-corrected chi connectivity index (χ2v) is 6.61. The van der Waals surface area contributed by atoms with Crippen LogP contribution < -0.4 is 0 Å². The van der Waals surface area contributed by atoms with Crippen molar-refractivity contribution in [3.05, 3.63) is 29.6 Å². The first kappa shape index (κ1) is 16.6. The van der Waals surface area contributed by atoms with Crippen molar-refractivity contribution in [2.45, 2.75) is 59.5 Å². The lowest BCUT2D eigenvalue weighted by atomic mass is 10.1. The van der Waals surface area contributed by atoms with Crippen LogP contribution >= 0.6 is 0 Å². The lowest BCUT2D eigenvalue weighted by molar-refractivity contribution is -0.169. The zero-order valence-corrected chi connectivity index (χ0v) is 14.0. The van der Waals surface area contributed by atoms with Crippen LogP contribution in [-0.4, -0.2) is 26.0 Å². The first-order chi connectivity index (χ1) is 10.1. The molecule has 2 heterocycles. The third-order valence-corrected chi connectivity index (χ3v) is 3.74. The van der Waals surface area contributed by atoms with Crippen molar-refractivity contribution in [3.8, 4) is 0 Å². The van der Waals surface area contributed by atoms with Gasteiger partial charge in [-0.1, -0.05) is 0 Å². The fourth-order valence-electron chi connectivity index (χ4n) is 2.64. The lowest BCUT2D eigenvalue weighted by Gasteiger charge is -2.24. The zero-order chi connectivity index (χ0) is 16.7. The van der Waals surface area contributed by atoms with Gasteiger partial charge in [-0.15, -0.1) is 0 Å². The number of aliphatic hydroxyl groups excluding tert-OH is 1. The summed E-state index contributed by atoms with van der Waals surface area (Å²) in [5, 5.41) is 11.3. The number of ketones is 1. The molecule has 0 fully saturated rings. The second kappa shape index (κ2) is 5.82. The summed E-state index contributed by atoms with van der Waals surface area (Å²) in [5.41, 5.74) is 1.68. The van der Waals surface area contributed by atoms with Gasteiger partial charge in [0.15, 0.2) is 12.1 Å². The lowest BCUT2D eigenvalue weighted by Crippen LogP contribution is -2.23. The van der Waals surface area contributed by atoms with Gasteiger partial charge in [0, 0.05) is 22.8 Å². The first-order valence-corrected chi connectivity index (χ1v) is 7.45. The van der Waals surface area contributed by atoms with Gasteiger partial charge in [0.2, 0.25) is 0 Å². The normalized spacial score (nSPS) is 15.0. The summed E-state index contributed by atoms with van der Waals surface area (Å²) in [6.07, 6.45) is 0.624. The second-order valence-electron chi connectivity index (χ2n) is 6.61. The van der Waals surface area contributed by atoms with Gasteiger partial charge in [-0.2, -0.15) is 0 Å². The SMILES string of the molecule is CC(=O)C(C)n1c(C)c(C(O)OC(C)(C)C)c2cccnc21. The van der Waals surface area contributed by atoms with E-state index in [4.69, 9.17) is 4.74 Å². The van der Waals surface area contributed by atoms with Crippen LogP contribution in [0.1, 0.15) is 58.2 Å². The molecule has 2 aromatic heterocycles. The Hall–Kier alpha value is -1.72. The summed E-state index contributed by atoms with van der Waals surface area (Å²) >= 11 is 0. The van der Waals surface area contributed by atoms with Gasteiger partial charge in [-0.05, 0) is 53.7 Å². The summed E-state index contributed by atoms with van der Waals surface area (Å²) < 4.78 is 7.56. The van der Waals surface area contributed by atoms with E-state index >= 15 is 0 Å². The molecule has 2 aromatic rings. The number of nitrogens with zero attached hydrogens (tertiary/aromatic N) is 2. The van der Waals surface area contributed by atoms with Crippen LogP contribution in [0.4, 0.5) is 0 Å². The van der Waals surface area contributed by atoms with Crippen LogP contribution in [0.25, 0.3) is 11.0 Å². The maximum atomic E-state index is 11.8. The van der Waals surface area contributed by atoms with Crippen LogP contribution in [-0.2, 0) is 9.53 Å². The summed E-state index contributed by atoms with van der Waals surface area (Å²) in [6.45, 7) is 10.9. The molecule has 2 unspecified atom stereocenters. The number of carbonyl (C=O) groups is 1. The highest BCUT2D eigenvalue weighted by molar-refractivity contribution is 5.86. The number of carbonyl (C=O) groups excluding carboxylic acids is 1. The Balaban J connectivity index is 2.65. The maximum Gasteiger partial charge on any atom is 0.184 e. The fourth-order valence-corrected chi connectivity index (χ4v) is 2.64. The Kier molecular flexibility index (Phi) is 4.40. The van der Waals surface area contributed by atoms with E-state index in [-0.39, 0.29) is 11.8 Å². The molecule has 1 N–H and O–H groups in total. The molecule has 5 heteroatoms. The van der Waals surface area contributed by atoms with E-state index in [1.54, 1.807) is 13.1 Å². The molecule has 2 atom stereocenters. The standard InChI is InChI=1S/C17H24N2O3/c1-10(12(3)20)19-11(2)14(16(21)22-17(4,5)6)13-8-7-9-18-15(13)19/h7-10,16,21H,1-6H3. The highest BCUT2D eigenvalue weighted by Crippen LogP contribution is 2.34. The van der Waals surface area contributed by atoms with Crippen LogP contribution in [0.2, 0.25) is 0 Å². The largest absolute Gasteiger partial charge is 0.364 e. The molecule has 0 bridgehead atoms. The molecule has 22 heavy (non-hydrogen) atoms. The molecule has 0 aliphatic heterocycles. The molecule has 0 spiro atoms. The third kappa shape index (κ3) is 3.05. The molecular formula is C17H24N2O3. The van der Waals surface area contributed by atoms with Gasteiger partial charge < -0.3 is 14.4 Å². The minimum absolute atomic E-state index is 0.0448. The monoisotopic (exact) mass is 304 g/mol. The predicted molar refractivity (Wildman–Crippen MR) is 85.7 cm³/mol. The van der Waals surface area contributed by atoms with Crippen molar-refractivity contribution in [2.75, 3.05) is 0 Å². The zero-order valence-electron chi connectivity index (χ0n) is 14.0. The van der Waals surface area contributed by atoms with E-state index in [1.807, 2.05) is 51.3 Å². The number of rotatable bonds is 4. The van der Waals surface area contributed by atoms with Crippen molar-refractivity contribution < 1.29 is 14.6 Å². The van der Waals surface area contributed by atoms with Crippen molar-refractivity contribution in [1.29, 1.82) is 0 Å². The molecular weight excluding hydrogens is 280 g/mol. The Labute approximate surface area is 130 Å². The average Bonchev–Trinajstić information content (AvgIpc) is 2.67. The summed E-state index contributed by atoms with van der Waals surface area (Å²) in [4.78, 5) is 16.2. The predicted octanol–water partition coefficient (Wildman–Crippen LogP) is 3.30. The number of fused-ring (bicyclic) bond motifs is 1. The Morgan fingerprint density at radius 2 is 2.05 bits per heavy atom. The summed E-state index contributed by atoms with van der Waals surface area (Å²) in [6, 6.07) is 3.37. The van der Waals surface area contributed by atoms with Crippen LogP contribution in [0.15, 0.2) is 18.3 Å². The molecule has 0 aliphatic carbocycles. The molecule has 0 saturated heterocycles. The summed E-state index contributed by atoms with van der Waals surface area (Å²) in [7, 11) is 0. The van der Waals surface area contributed by atoms with Gasteiger partial charge in [-0.25, -0.2) is 4.98 Å². The Morgan fingerprint density at radius 1 is 1.41 bits per heavy atom. The minimum atomic E-state index is -1.06. The van der Waals surface area contributed by atoms with E-state index in [9.17, 15) is 9.90 Å². The van der Waals surface area contributed by atoms with Crippen molar-refractivity contribution >= 4 is 16.8 Å². The number of Topliss-reactive ketones (excluding diaryl/α,β-unsaturated/α-hetero) is 1. The fraction of sp³-hybridized carbons (Fsp3) is 0.529. The van der Waals surface area contributed by atoms with E-state index in [0.29, 0.717) is 11.2 Å². The van der Waals surface area contributed by atoms with Gasteiger partial charge in [-0.3, -0.25) is 4.79 Å². The molecule has 0 aromatic carbocycles. The number of hydrogen-bond acceptors (Lipinski definition) is 4. The number of ether oxygens (including phenoxy) is 1. The molecule has 0 amide bonds. The van der Waals surface area contributed by atoms with Crippen LogP contribution in [0.3, 0.4) is 0 Å². The number of pyridine rings is 1. The highest BCUT2D eigenvalue weighted by Gasteiger charge is 2.27. The van der Waals surface area contributed by atoms with Crippen molar-refractivity contribution in [1.82, 2.24) is 9.55 Å². The van der Waals surface area contributed by atoms with E-state index in [0.717, 1.165) is 11.1 Å². The van der Waals surface area contributed by atoms with E-state index in [1.165, 1.54) is 0 Å². The van der Waals surface area contributed by atoms with Gasteiger partial charge in [0.05, 0.1) is 11.6 Å². The Bertz CT molecular complexity index is 698. The molecule has 2 rings (SSSR count). The number of aromatic nitrogens is 2. The first-order valence-electron chi connectivity index (χ1n) is 7.45. The number of hydrogen-bond donors (Lipinski definition) is 1. The average molecular weight is 304 g/mol. The molecule has 0 aliphatic rings. The van der Waals surface area contributed by atoms with Crippen molar-refractivity contribution in [3.63, 3.8) is 0 Å². The van der Waals surface area contributed by atoms with Crippen LogP contribution in [0, 0.1) is 6.92 Å².